The van der Waals surface area contributed by atoms with Crippen molar-refractivity contribution in [1.82, 2.24) is 4.72 Å². The van der Waals surface area contributed by atoms with Crippen molar-refractivity contribution in [3.05, 3.63) is 24.0 Å². The van der Waals surface area contributed by atoms with E-state index >= 15 is 0 Å². The summed E-state index contributed by atoms with van der Waals surface area (Å²) in [6.07, 6.45) is 1.52. The SMILES string of the molecule is COc1ccc(S(=O)(=O)NC2CCCC2C(=O)O)cc1F. The molecule has 6 nitrogen and oxygen atoms in total. The van der Waals surface area contributed by atoms with E-state index in [2.05, 4.69) is 4.72 Å². The van der Waals surface area contributed by atoms with Gasteiger partial charge in [-0.25, -0.2) is 17.5 Å². The number of carboxylic acid groups (broad SMARTS) is 1. The molecular weight excluding hydrogens is 301 g/mol. The van der Waals surface area contributed by atoms with Crippen LogP contribution in [0.5, 0.6) is 5.75 Å². The minimum atomic E-state index is -3.97. The fourth-order valence-corrected chi connectivity index (χ4v) is 3.80. The Morgan fingerprint density at radius 2 is 2.14 bits per heavy atom. The first kappa shape index (κ1) is 15.7. The number of hydrogen-bond acceptors (Lipinski definition) is 4. The van der Waals surface area contributed by atoms with E-state index in [-0.39, 0.29) is 10.6 Å². The van der Waals surface area contributed by atoms with Crippen LogP contribution in [-0.4, -0.2) is 32.6 Å². The fraction of sp³-hybridized carbons (Fsp3) is 0.462. The molecule has 1 aliphatic rings. The Bertz CT molecular complexity index is 646. The molecule has 8 heteroatoms. The van der Waals surface area contributed by atoms with Crippen molar-refractivity contribution in [3.8, 4) is 5.75 Å². The summed E-state index contributed by atoms with van der Waals surface area (Å²) in [6, 6.07) is 2.62. The van der Waals surface area contributed by atoms with Crippen LogP contribution < -0.4 is 9.46 Å². The Morgan fingerprint density at radius 3 is 2.71 bits per heavy atom. The lowest BCUT2D eigenvalue weighted by molar-refractivity contribution is -0.141. The Morgan fingerprint density at radius 1 is 1.43 bits per heavy atom. The summed E-state index contributed by atoms with van der Waals surface area (Å²) in [5.41, 5.74) is 0. The third-order valence-electron chi connectivity index (χ3n) is 3.57. The average Bonchev–Trinajstić information content (AvgIpc) is 2.86. The molecule has 1 saturated carbocycles. The maximum Gasteiger partial charge on any atom is 0.308 e. The lowest BCUT2D eigenvalue weighted by atomic mass is 10.1. The summed E-state index contributed by atoms with van der Waals surface area (Å²) in [7, 11) is -2.69. The molecule has 0 radical (unpaired) electrons. The van der Waals surface area contributed by atoms with Crippen LogP contribution in [-0.2, 0) is 14.8 Å². The van der Waals surface area contributed by atoms with Crippen LogP contribution in [0.2, 0.25) is 0 Å². The molecule has 2 N–H and O–H groups in total. The van der Waals surface area contributed by atoms with Crippen molar-refractivity contribution in [2.45, 2.75) is 30.2 Å². The molecule has 1 fully saturated rings. The molecule has 0 saturated heterocycles. The Kier molecular flexibility index (Phi) is 4.48. The molecule has 1 aromatic carbocycles. The molecule has 0 aromatic heterocycles. The molecule has 2 atom stereocenters. The van der Waals surface area contributed by atoms with E-state index in [4.69, 9.17) is 9.84 Å². The second kappa shape index (κ2) is 5.98. The number of halogens is 1. The van der Waals surface area contributed by atoms with E-state index in [9.17, 15) is 17.6 Å². The standard InChI is InChI=1S/C13H16FNO5S/c1-20-12-6-5-8(7-10(12)14)21(18,19)15-11-4-2-3-9(11)13(16)17/h5-7,9,11,15H,2-4H2,1H3,(H,16,17). The highest BCUT2D eigenvalue weighted by molar-refractivity contribution is 7.89. The second-order valence-corrected chi connectivity index (χ2v) is 6.61. The first-order valence-electron chi connectivity index (χ1n) is 6.44. The highest BCUT2D eigenvalue weighted by Gasteiger charge is 2.36. The first-order valence-corrected chi connectivity index (χ1v) is 7.92. The molecule has 21 heavy (non-hydrogen) atoms. The third kappa shape index (κ3) is 3.33. The van der Waals surface area contributed by atoms with E-state index in [1.54, 1.807) is 0 Å². The zero-order valence-electron chi connectivity index (χ0n) is 11.4. The fourth-order valence-electron chi connectivity index (χ4n) is 2.48. The highest BCUT2D eigenvalue weighted by Crippen LogP contribution is 2.28. The lowest BCUT2D eigenvalue weighted by Crippen LogP contribution is -2.40. The zero-order valence-corrected chi connectivity index (χ0v) is 12.2. The van der Waals surface area contributed by atoms with Crippen LogP contribution in [0.3, 0.4) is 0 Å². The van der Waals surface area contributed by atoms with Gasteiger partial charge in [0.25, 0.3) is 0 Å². The molecule has 1 aliphatic carbocycles. The van der Waals surface area contributed by atoms with Crippen LogP contribution in [0.25, 0.3) is 0 Å². The monoisotopic (exact) mass is 317 g/mol. The summed E-state index contributed by atoms with van der Waals surface area (Å²) in [4.78, 5) is 10.8. The van der Waals surface area contributed by atoms with Crippen LogP contribution in [0, 0.1) is 11.7 Å². The van der Waals surface area contributed by atoms with E-state index < -0.39 is 33.8 Å². The topological polar surface area (TPSA) is 92.7 Å². The molecule has 0 spiro atoms. The van der Waals surface area contributed by atoms with Gasteiger partial charge in [0.1, 0.15) is 0 Å². The first-order chi connectivity index (χ1) is 9.85. The number of carbonyl (C=O) groups is 1. The van der Waals surface area contributed by atoms with Gasteiger partial charge >= 0.3 is 5.97 Å². The van der Waals surface area contributed by atoms with Gasteiger partial charge in [-0.05, 0) is 31.0 Å². The zero-order chi connectivity index (χ0) is 15.6. The molecular formula is C13H16FNO5S. The van der Waals surface area contributed by atoms with Gasteiger partial charge in [-0.1, -0.05) is 6.42 Å². The number of benzene rings is 1. The Hall–Kier alpha value is -1.67. The quantitative estimate of drug-likeness (QED) is 0.855. The molecule has 2 rings (SSSR count). The van der Waals surface area contributed by atoms with Gasteiger partial charge in [0, 0.05) is 6.04 Å². The molecule has 0 amide bonds. The summed E-state index contributed by atoms with van der Waals surface area (Å²) in [5.74, 6) is -2.62. The van der Waals surface area contributed by atoms with Gasteiger partial charge in [-0.3, -0.25) is 4.79 Å². The summed E-state index contributed by atoms with van der Waals surface area (Å²) >= 11 is 0. The Balaban J connectivity index is 2.22. The van der Waals surface area contributed by atoms with Crippen molar-refractivity contribution in [2.24, 2.45) is 5.92 Å². The van der Waals surface area contributed by atoms with E-state index in [1.165, 1.54) is 19.2 Å². The van der Waals surface area contributed by atoms with Crippen molar-refractivity contribution in [2.75, 3.05) is 7.11 Å². The number of carboxylic acids is 1. The van der Waals surface area contributed by atoms with Gasteiger partial charge < -0.3 is 9.84 Å². The van der Waals surface area contributed by atoms with Crippen molar-refractivity contribution >= 4 is 16.0 Å². The highest BCUT2D eigenvalue weighted by atomic mass is 32.2. The number of rotatable bonds is 5. The van der Waals surface area contributed by atoms with Gasteiger partial charge in [0.05, 0.1) is 17.9 Å². The largest absolute Gasteiger partial charge is 0.494 e. The molecule has 1 aromatic rings. The minimum Gasteiger partial charge on any atom is -0.494 e. The summed E-state index contributed by atoms with van der Waals surface area (Å²) in [6.45, 7) is 0. The van der Waals surface area contributed by atoms with E-state index in [0.717, 1.165) is 6.07 Å². The summed E-state index contributed by atoms with van der Waals surface area (Å²) in [5, 5.41) is 9.05. The molecule has 0 bridgehead atoms. The number of methoxy groups -OCH3 is 1. The van der Waals surface area contributed by atoms with Gasteiger partial charge in [-0.15, -0.1) is 0 Å². The minimum absolute atomic E-state index is 0.0572. The molecule has 0 heterocycles. The van der Waals surface area contributed by atoms with Crippen LogP contribution in [0.1, 0.15) is 19.3 Å². The maximum absolute atomic E-state index is 13.6. The van der Waals surface area contributed by atoms with Crippen molar-refractivity contribution in [1.29, 1.82) is 0 Å². The second-order valence-electron chi connectivity index (χ2n) is 4.90. The third-order valence-corrected chi connectivity index (χ3v) is 5.06. The molecule has 116 valence electrons. The normalized spacial score (nSPS) is 22.2. The lowest BCUT2D eigenvalue weighted by Gasteiger charge is -2.17. The number of aliphatic carboxylic acids is 1. The van der Waals surface area contributed by atoms with Crippen LogP contribution >= 0.6 is 0 Å². The number of hydrogen-bond donors (Lipinski definition) is 2. The van der Waals surface area contributed by atoms with E-state index in [0.29, 0.717) is 19.3 Å². The van der Waals surface area contributed by atoms with Crippen LogP contribution in [0.4, 0.5) is 4.39 Å². The number of nitrogens with one attached hydrogen (secondary N) is 1. The van der Waals surface area contributed by atoms with E-state index in [1.807, 2.05) is 0 Å². The summed E-state index contributed by atoms with van der Waals surface area (Å²) < 4.78 is 45.1. The van der Waals surface area contributed by atoms with Gasteiger partial charge in [0.15, 0.2) is 11.6 Å². The smallest absolute Gasteiger partial charge is 0.308 e. The molecule has 0 aliphatic heterocycles. The van der Waals surface area contributed by atoms with Gasteiger partial charge in [-0.2, -0.15) is 0 Å². The predicted octanol–water partition coefficient (Wildman–Crippen LogP) is 1.37. The predicted molar refractivity (Wildman–Crippen MR) is 72.0 cm³/mol. The molecule has 2 unspecified atom stereocenters. The van der Waals surface area contributed by atoms with Crippen LogP contribution in [0.15, 0.2) is 23.1 Å². The Labute approximate surface area is 122 Å². The number of ether oxygens (including phenoxy) is 1. The average molecular weight is 317 g/mol. The van der Waals surface area contributed by atoms with Crippen molar-refractivity contribution < 1.29 is 27.4 Å². The maximum atomic E-state index is 13.6. The number of sulfonamides is 1. The van der Waals surface area contributed by atoms with Crippen molar-refractivity contribution in [3.63, 3.8) is 0 Å². The van der Waals surface area contributed by atoms with Gasteiger partial charge in [0.2, 0.25) is 10.0 Å².